The zero-order valence-corrected chi connectivity index (χ0v) is 20.7. The molecule has 1 aromatic carbocycles. The number of ether oxygens (including phenoxy) is 3. The Balaban J connectivity index is 1.45. The van der Waals surface area contributed by atoms with Gasteiger partial charge in [-0.15, -0.1) is 0 Å². The zero-order chi connectivity index (χ0) is 23.9. The number of nitrogens with zero attached hydrogens (tertiary/aromatic N) is 3. The lowest BCUT2D eigenvalue weighted by Gasteiger charge is -2.35. The van der Waals surface area contributed by atoms with Crippen LogP contribution in [0.4, 0.5) is 0 Å². The molecule has 4 rings (SSSR count). The lowest BCUT2D eigenvalue weighted by molar-refractivity contribution is -0.138. The number of likely N-dealkylation sites (tertiary alicyclic amines) is 1. The molecule has 34 heavy (non-hydrogen) atoms. The molecular formula is C27H37N3O4. The van der Waals surface area contributed by atoms with Gasteiger partial charge in [-0.05, 0) is 49.1 Å². The zero-order valence-electron chi connectivity index (χ0n) is 20.7. The number of benzene rings is 1. The van der Waals surface area contributed by atoms with E-state index in [1.54, 1.807) is 13.3 Å². The Morgan fingerprint density at radius 1 is 1.21 bits per heavy atom. The normalized spacial score (nSPS) is 18.4. The number of aromatic nitrogens is 1. The number of piperidine rings is 1. The van der Waals surface area contributed by atoms with Crippen molar-refractivity contribution in [1.29, 1.82) is 0 Å². The van der Waals surface area contributed by atoms with Gasteiger partial charge in [0.25, 0.3) is 0 Å². The van der Waals surface area contributed by atoms with Crippen molar-refractivity contribution in [2.45, 2.75) is 46.2 Å². The fraction of sp³-hybridized carbons (Fsp3) is 0.556. The summed E-state index contributed by atoms with van der Waals surface area (Å²) in [4.78, 5) is 22.4. The highest BCUT2D eigenvalue weighted by molar-refractivity contribution is 5.79. The van der Waals surface area contributed by atoms with E-state index in [0.29, 0.717) is 31.6 Å². The molecule has 1 atom stereocenters. The lowest BCUT2D eigenvalue weighted by Crippen LogP contribution is -2.45. The van der Waals surface area contributed by atoms with Gasteiger partial charge in [-0.25, -0.2) is 4.98 Å². The van der Waals surface area contributed by atoms with Crippen molar-refractivity contribution >= 4 is 5.91 Å². The van der Waals surface area contributed by atoms with E-state index in [0.717, 1.165) is 68.1 Å². The fourth-order valence-corrected chi connectivity index (χ4v) is 4.83. The maximum atomic E-state index is 13.7. The van der Waals surface area contributed by atoms with Crippen LogP contribution in [0.25, 0.3) is 0 Å². The minimum absolute atomic E-state index is 0.00410. The van der Waals surface area contributed by atoms with Gasteiger partial charge in [0.05, 0.1) is 26.2 Å². The quantitative estimate of drug-likeness (QED) is 0.581. The van der Waals surface area contributed by atoms with Gasteiger partial charge < -0.3 is 19.1 Å². The number of carbonyl (C=O) groups is 1. The number of carbonyl (C=O) groups excluding carboxylic acids is 1. The molecular weight excluding hydrogens is 430 g/mol. The molecule has 1 saturated heterocycles. The second kappa shape index (κ2) is 11.6. The summed E-state index contributed by atoms with van der Waals surface area (Å²) < 4.78 is 17.1. The highest BCUT2D eigenvalue weighted by Crippen LogP contribution is 2.31. The molecule has 184 valence electrons. The Labute approximate surface area is 203 Å². The first-order valence-electron chi connectivity index (χ1n) is 12.4. The van der Waals surface area contributed by atoms with E-state index in [1.807, 2.05) is 29.2 Å². The third-order valence-corrected chi connectivity index (χ3v) is 6.37. The van der Waals surface area contributed by atoms with Crippen LogP contribution in [0.3, 0.4) is 0 Å². The summed E-state index contributed by atoms with van der Waals surface area (Å²) >= 11 is 0. The monoisotopic (exact) mass is 467 g/mol. The van der Waals surface area contributed by atoms with Crippen molar-refractivity contribution in [3.63, 3.8) is 0 Å². The largest absolute Gasteiger partial charge is 0.490 e. The number of methoxy groups -OCH3 is 1. The lowest BCUT2D eigenvalue weighted by atomic mass is 9.95. The topological polar surface area (TPSA) is 64.1 Å². The Bertz CT molecular complexity index is 965. The Hall–Kier alpha value is -2.80. The van der Waals surface area contributed by atoms with Crippen LogP contribution >= 0.6 is 0 Å². The highest BCUT2D eigenvalue weighted by Gasteiger charge is 2.30. The summed E-state index contributed by atoms with van der Waals surface area (Å²) in [5, 5.41) is 0. The van der Waals surface area contributed by atoms with E-state index >= 15 is 0 Å². The summed E-state index contributed by atoms with van der Waals surface area (Å²) in [6.07, 6.45) is 4.56. The molecule has 0 aliphatic carbocycles. The summed E-state index contributed by atoms with van der Waals surface area (Å²) in [5.74, 6) is 2.85. The Kier molecular flexibility index (Phi) is 8.27. The first-order chi connectivity index (χ1) is 16.5. The van der Waals surface area contributed by atoms with Gasteiger partial charge >= 0.3 is 0 Å². The van der Waals surface area contributed by atoms with Crippen LogP contribution in [0.1, 0.15) is 44.2 Å². The van der Waals surface area contributed by atoms with Gasteiger partial charge in [0.15, 0.2) is 11.5 Å². The molecule has 2 aliphatic heterocycles. The van der Waals surface area contributed by atoms with Crippen LogP contribution in [-0.2, 0) is 17.9 Å². The molecule has 1 amide bonds. The Morgan fingerprint density at radius 3 is 2.82 bits per heavy atom. The van der Waals surface area contributed by atoms with Gasteiger partial charge in [0.2, 0.25) is 11.8 Å². The van der Waals surface area contributed by atoms with Crippen LogP contribution in [0.2, 0.25) is 0 Å². The van der Waals surface area contributed by atoms with E-state index in [4.69, 9.17) is 14.2 Å². The maximum Gasteiger partial charge on any atom is 0.227 e. The minimum atomic E-state index is -0.00410. The summed E-state index contributed by atoms with van der Waals surface area (Å²) in [6.45, 7) is 9.46. The van der Waals surface area contributed by atoms with Crippen molar-refractivity contribution in [2.24, 2.45) is 11.8 Å². The molecule has 0 radical (unpaired) electrons. The summed E-state index contributed by atoms with van der Waals surface area (Å²) in [5.41, 5.74) is 2.13. The molecule has 2 aliphatic rings. The molecule has 7 nitrogen and oxygen atoms in total. The number of rotatable bonds is 8. The van der Waals surface area contributed by atoms with Gasteiger partial charge in [0.1, 0.15) is 0 Å². The van der Waals surface area contributed by atoms with Crippen molar-refractivity contribution in [3.8, 4) is 17.4 Å². The molecule has 0 saturated carbocycles. The van der Waals surface area contributed by atoms with Crippen molar-refractivity contribution in [2.75, 3.05) is 40.0 Å². The second-order valence-corrected chi connectivity index (χ2v) is 9.69. The van der Waals surface area contributed by atoms with Gasteiger partial charge in [-0.1, -0.05) is 26.0 Å². The van der Waals surface area contributed by atoms with Gasteiger partial charge in [0, 0.05) is 44.4 Å². The van der Waals surface area contributed by atoms with Gasteiger partial charge in [-0.2, -0.15) is 0 Å². The van der Waals surface area contributed by atoms with E-state index in [2.05, 4.69) is 29.8 Å². The Morgan fingerprint density at radius 2 is 2.03 bits per heavy atom. The number of hydrogen-bond acceptors (Lipinski definition) is 6. The van der Waals surface area contributed by atoms with Gasteiger partial charge in [-0.3, -0.25) is 9.69 Å². The van der Waals surface area contributed by atoms with E-state index in [1.165, 1.54) is 0 Å². The van der Waals surface area contributed by atoms with E-state index < -0.39 is 0 Å². The van der Waals surface area contributed by atoms with Crippen molar-refractivity contribution in [1.82, 2.24) is 14.8 Å². The van der Waals surface area contributed by atoms with Crippen molar-refractivity contribution < 1.29 is 19.0 Å². The van der Waals surface area contributed by atoms with Crippen molar-refractivity contribution in [3.05, 3.63) is 47.7 Å². The summed E-state index contributed by atoms with van der Waals surface area (Å²) in [6, 6.07) is 10.0. The molecule has 0 bridgehead atoms. The standard InChI is InChI=1S/C27H37N3O4/c1-20(2)16-30(17-21-9-10-24-25(15-21)34-14-6-13-33-24)27(31)23-8-5-12-29(19-23)18-22-7-4-11-28-26(22)32-3/h4,7,9-11,15,20,23H,5-6,8,12-14,16-19H2,1-3H3/t23-/m1/s1. The summed E-state index contributed by atoms with van der Waals surface area (Å²) in [7, 11) is 1.65. The fourth-order valence-electron chi connectivity index (χ4n) is 4.83. The predicted molar refractivity (Wildman–Crippen MR) is 131 cm³/mol. The smallest absolute Gasteiger partial charge is 0.227 e. The highest BCUT2D eigenvalue weighted by atomic mass is 16.5. The van der Waals surface area contributed by atoms with Crippen LogP contribution in [0.5, 0.6) is 17.4 Å². The molecule has 0 N–H and O–H groups in total. The minimum Gasteiger partial charge on any atom is -0.490 e. The molecule has 2 aromatic rings. The third-order valence-electron chi connectivity index (χ3n) is 6.37. The van der Waals surface area contributed by atoms with Crippen LogP contribution in [0, 0.1) is 11.8 Å². The molecule has 3 heterocycles. The number of amides is 1. The molecule has 1 aromatic heterocycles. The molecule has 0 spiro atoms. The molecule has 1 fully saturated rings. The van der Waals surface area contributed by atoms with E-state index in [-0.39, 0.29) is 11.8 Å². The number of fused-ring (bicyclic) bond motifs is 1. The van der Waals surface area contributed by atoms with Crippen LogP contribution in [-0.4, -0.2) is 60.6 Å². The average Bonchev–Trinajstić information content (AvgIpc) is 3.08. The first kappa shape index (κ1) is 24.3. The average molecular weight is 468 g/mol. The maximum absolute atomic E-state index is 13.7. The molecule has 7 heteroatoms. The predicted octanol–water partition coefficient (Wildman–Crippen LogP) is 4.15. The number of hydrogen-bond donors (Lipinski definition) is 0. The van der Waals surface area contributed by atoms with Crippen LogP contribution < -0.4 is 14.2 Å². The van der Waals surface area contributed by atoms with Crippen LogP contribution in [0.15, 0.2) is 36.5 Å². The second-order valence-electron chi connectivity index (χ2n) is 9.69. The first-order valence-corrected chi connectivity index (χ1v) is 12.4. The third kappa shape index (κ3) is 6.20. The number of pyridine rings is 1. The van der Waals surface area contributed by atoms with E-state index in [9.17, 15) is 4.79 Å². The molecule has 0 unspecified atom stereocenters. The SMILES string of the molecule is COc1ncccc1CN1CCC[C@@H](C(=O)N(Cc2ccc3c(c2)OCCCO3)CC(C)C)C1.